The number of unbranched alkanes of at least 4 members (excludes halogenated alkanes) is 1. The highest BCUT2D eigenvalue weighted by atomic mass is 16.5. The van der Waals surface area contributed by atoms with E-state index in [0.717, 1.165) is 19.3 Å². The molecule has 192 valence electrons. The van der Waals surface area contributed by atoms with Crippen LogP contribution < -0.4 is 5.56 Å². The summed E-state index contributed by atoms with van der Waals surface area (Å²) in [5, 5.41) is 0.475. The summed E-state index contributed by atoms with van der Waals surface area (Å²) in [7, 11) is 1.32. The Labute approximate surface area is 213 Å². The molecular formula is C29H37N3O4. The number of ether oxygens (including phenoxy) is 1. The molecule has 1 heterocycles. The van der Waals surface area contributed by atoms with Crippen LogP contribution in [0.5, 0.6) is 0 Å². The number of carbonyl (C=O) groups excluding carboxylic acids is 2. The van der Waals surface area contributed by atoms with E-state index in [1.807, 2.05) is 37.3 Å². The first kappa shape index (κ1) is 27.1. The van der Waals surface area contributed by atoms with Crippen molar-refractivity contribution in [1.29, 1.82) is 0 Å². The first-order valence-corrected chi connectivity index (χ1v) is 12.7. The molecule has 0 spiro atoms. The Bertz CT molecular complexity index is 1250. The number of methoxy groups -OCH3 is 1. The largest absolute Gasteiger partial charge is 0.469 e. The molecule has 1 unspecified atom stereocenters. The number of fused-ring (bicyclic) bond motifs is 1. The molecule has 0 N–H and O–H groups in total. The molecule has 3 aromatic rings. The molecule has 0 saturated heterocycles. The Kier molecular flexibility index (Phi) is 9.39. The lowest BCUT2D eigenvalue weighted by molar-refractivity contribution is -0.140. The topological polar surface area (TPSA) is 81.5 Å². The van der Waals surface area contributed by atoms with Crippen LogP contribution in [0.2, 0.25) is 0 Å². The lowest BCUT2D eigenvalue weighted by atomic mass is 10.0. The van der Waals surface area contributed by atoms with Crippen molar-refractivity contribution in [3.05, 3.63) is 75.8 Å². The van der Waals surface area contributed by atoms with Crippen molar-refractivity contribution in [2.24, 2.45) is 5.92 Å². The summed E-state index contributed by atoms with van der Waals surface area (Å²) in [6.45, 7) is 8.78. The predicted octanol–water partition coefficient (Wildman–Crippen LogP) is 5.16. The number of carbonyl (C=O) groups is 2. The van der Waals surface area contributed by atoms with E-state index in [2.05, 4.69) is 20.8 Å². The Morgan fingerprint density at radius 3 is 2.39 bits per heavy atom. The van der Waals surface area contributed by atoms with E-state index < -0.39 is 12.0 Å². The van der Waals surface area contributed by atoms with Crippen LogP contribution in [0, 0.1) is 5.92 Å². The third kappa shape index (κ3) is 6.39. The average molecular weight is 492 g/mol. The smallest absolute Gasteiger partial charge is 0.307 e. The van der Waals surface area contributed by atoms with Crippen LogP contribution in [0.1, 0.15) is 74.7 Å². The van der Waals surface area contributed by atoms with E-state index in [1.165, 1.54) is 17.2 Å². The van der Waals surface area contributed by atoms with Gasteiger partial charge in [0, 0.05) is 18.7 Å². The zero-order valence-corrected chi connectivity index (χ0v) is 22.0. The summed E-state index contributed by atoms with van der Waals surface area (Å²) in [4.78, 5) is 45.6. The lowest BCUT2D eigenvalue weighted by Gasteiger charge is -2.32. The molecule has 0 aliphatic heterocycles. The summed E-state index contributed by atoms with van der Waals surface area (Å²) < 4.78 is 6.30. The molecule has 3 rings (SSSR count). The summed E-state index contributed by atoms with van der Waals surface area (Å²) in [5.41, 5.74) is 2.15. The van der Waals surface area contributed by atoms with E-state index in [9.17, 15) is 14.4 Å². The second kappa shape index (κ2) is 12.5. The van der Waals surface area contributed by atoms with Gasteiger partial charge in [-0.15, -0.1) is 0 Å². The standard InChI is InChI=1S/C29H37N3O4/c1-6-7-10-22-13-15-23(16-14-22)28(34)32(19-20(2)3)21(4)27-30-25-12-9-8-11-24(25)29(35)31(27)18-17-26(33)36-5/h8-9,11-16,20-21H,6-7,10,17-19H2,1-5H3. The monoisotopic (exact) mass is 491 g/mol. The molecule has 7 heteroatoms. The Hall–Kier alpha value is -3.48. The fourth-order valence-corrected chi connectivity index (χ4v) is 4.34. The van der Waals surface area contributed by atoms with Crippen LogP contribution in [0.15, 0.2) is 53.3 Å². The molecule has 0 aliphatic rings. The van der Waals surface area contributed by atoms with Gasteiger partial charge >= 0.3 is 5.97 Å². The third-order valence-electron chi connectivity index (χ3n) is 6.34. The predicted molar refractivity (Wildman–Crippen MR) is 142 cm³/mol. The number of rotatable bonds is 11. The van der Waals surface area contributed by atoms with Gasteiger partial charge in [-0.25, -0.2) is 4.98 Å². The van der Waals surface area contributed by atoms with Gasteiger partial charge in [0.25, 0.3) is 11.5 Å². The Morgan fingerprint density at radius 1 is 1.06 bits per heavy atom. The fraction of sp³-hybridized carbons (Fsp3) is 0.448. The average Bonchev–Trinajstić information content (AvgIpc) is 2.89. The van der Waals surface area contributed by atoms with Crippen molar-refractivity contribution in [3.8, 4) is 0 Å². The van der Waals surface area contributed by atoms with E-state index in [1.54, 1.807) is 23.1 Å². The summed E-state index contributed by atoms with van der Waals surface area (Å²) >= 11 is 0. The zero-order valence-electron chi connectivity index (χ0n) is 22.0. The van der Waals surface area contributed by atoms with E-state index in [4.69, 9.17) is 9.72 Å². The van der Waals surface area contributed by atoms with Crippen molar-refractivity contribution in [2.75, 3.05) is 13.7 Å². The van der Waals surface area contributed by atoms with Gasteiger partial charge in [0.2, 0.25) is 0 Å². The quantitative estimate of drug-likeness (QED) is 0.346. The van der Waals surface area contributed by atoms with E-state index in [0.29, 0.717) is 28.8 Å². The number of hydrogen-bond donors (Lipinski definition) is 0. The maximum atomic E-state index is 13.7. The van der Waals surface area contributed by atoms with Crippen LogP contribution in [-0.2, 0) is 22.5 Å². The fourth-order valence-electron chi connectivity index (χ4n) is 4.34. The van der Waals surface area contributed by atoms with Crippen molar-refractivity contribution in [3.63, 3.8) is 0 Å². The van der Waals surface area contributed by atoms with E-state index in [-0.39, 0.29) is 30.3 Å². The van der Waals surface area contributed by atoms with Gasteiger partial charge in [0.05, 0.1) is 30.5 Å². The Balaban J connectivity index is 2.04. The number of hydrogen-bond acceptors (Lipinski definition) is 5. The van der Waals surface area contributed by atoms with Crippen molar-refractivity contribution in [1.82, 2.24) is 14.5 Å². The number of amides is 1. The second-order valence-corrected chi connectivity index (χ2v) is 9.60. The van der Waals surface area contributed by atoms with Gasteiger partial charge in [-0.1, -0.05) is 51.5 Å². The highest BCUT2D eigenvalue weighted by molar-refractivity contribution is 5.94. The molecule has 0 fully saturated rings. The first-order valence-electron chi connectivity index (χ1n) is 12.7. The van der Waals surface area contributed by atoms with Crippen molar-refractivity contribution in [2.45, 2.75) is 66.0 Å². The molecular weight excluding hydrogens is 454 g/mol. The maximum absolute atomic E-state index is 13.7. The minimum atomic E-state index is -0.491. The molecule has 0 saturated carbocycles. The molecule has 0 aliphatic carbocycles. The first-order chi connectivity index (χ1) is 17.3. The molecule has 2 aromatic carbocycles. The van der Waals surface area contributed by atoms with Gasteiger partial charge in [-0.05, 0) is 55.5 Å². The second-order valence-electron chi connectivity index (χ2n) is 9.60. The number of aryl methyl sites for hydroxylation is 1. The number of esters is 1. The summed E-state index contributed by atoms with van der Waals surface area (Å²) in [6.07, 6.45) is 3.26. The molecule has 7 nitrogen and oxygen atoms in total. The van der Waals surface area contributed by atoms with Gasteiger partial charge in [0.1, 0.15) is 5.82 Å². The van der Waals surface area contributed by atoms with Gasteiger partial charge in [0.15, 0.2) is 0 Å². The van der Waals surface area contributed by atoms with Crippen LogP contribution in [0.25, 0.3) is 10.9 Å². The van der Waals surface area contributed by atoms with Gasteiger partial charge < -0.3 is 9.64 Å². The molecule has 0 bridgehead atoms. The van der Waals surface area contributed by atoms with Gasteiger partial charge in [-0.2, -0.15) is 0 Å². The number of para-hydroxylation sites is 1. The van der Waals surface area contributed by atoms with Crippen molar-refractivity contribution < 1.29 is 14.3 Å². The summed E-state index contributed by atoms with van der Waals surface area (Å²) in [5.74, 6) is 0.138. The molecule has 1 aromatic heterocycles. The zero-order chi connectivity index (χ0) is 26.2. The minimum Gasteiger partial charge on any atom is -0.469 e. The van der Waals surface area contributed by atoms with Crippen LogP contribution in [0.3, 0.4) is 0 Å². The Morgan fingerprint density at radius 2 is 1.75 bits per heavy atom. The lowest BCUT2D eigenvalue weighted by Crippen LogP contribution is -2.40. The molecule has 1 atom stereocenters. The van der Waals surface area contributed by atoms with Crippen LogP contribution >= 0.6 is 0 Å². The molecule has 1 amide bonds. The maximum Gasteiger partial charge on any atom is 0.307 e. The van der Waals surface area contributed by atoms with Crippen LogP contribution in [0.4, 0.5) is 0 Å². The highest BCUT2D eigenvalue weighted by Crippen LogP contribution is 2.24. The summed E-state index contributed by atoms with van der Waals surface area (Å²) in [6, 6.07) is 14.4. The van der Waals surface area contributed by atoms with Crippen molar-refractivity contribution >= 4 is 22.8 Å². The normalized spacial score (nSPS) is 12.1. The molecule has 36 heavy (non-hydrogen) atoms. The molecule has 0 radical (unpaired) electrons. The van der Waals surface area contributed by atoms with Gasteiger partial charge in [-0.3, -0.25) is 19.0 Å². The number of benzene rings is 2. The SMILES string of the molecule is CCCCc1ccc(C(=O)N(CC(C)C)C(C)c2nc3ccccc3c(=O)n2CCC(=O)OC)cc1. The minimum absolute atomic E-state index is 0.0352. The number of aromatic nitrogens is 2. The van der Waals surface area contributed by atoms with E-state index >= 15 is 0 Å². The van der Waals surface area contributed by atoms with Crippen LogP contribution in [-0.4, -0.2) is 40.0 Å². The number of nitrogens with zero attached hydrogens (tertiary/aromatic N) is 3. The highest BCUT2D eigenvalue weighted by Gasteiger charge is 2.28. The third-order valence-corrected chi connectivity index (χ3v) is 6.34.